The topological polar surface area (TPSA) is 54.9 Å². The lowest BCUT2D eigenvalue weighted by atomic mass is 10.1. The Balaban J connectivity index is 1.45. The van der Waals surface area contributed by atoms with E-state index in [0.29, 0.717) is 18.1 Å². The largest absolute Gasteiger partial charge is 0.454 e. The highest BCUT2D eigenvalue weighted by molar-refractivity contribution is 5.79. The third kappa shape index (κ3) is 5.82. The number of ether oxygens (including phenoxy) is 2. The second kappa shape index (κ2) is 9.24. The summed E-state index contributed by atoms with van der Waals surface area (Å²) in [6.07, 6.45) is -3.62. The Labute approximate surface area is 166 Å². The van der Waals surface area contributed by atoms with E-state index >= 15 is 0 Å². The molecule has 0 radical (unpaired) electrons. The van der Waals surface area contributed by atoms with Crippen LogP contribution in [0.1, 0.15) is 16.7 Å². The SMILES string of the molecule is CN=C(NCC#Cc1cccc(C(F)(F)F)c1)NCCc1ccc2c(c1)OCO2. The molecule has 2 aromatic carbocycles. The Morgan fingerprint density at radius 1 is 1.10 bits per heavy atom. The van der Waals surface area contributed by atoms with Gasteiger partial charge in [-0.05, 0) is 42.3 Å². The molecule has 1 aliphatic rings. The second-order valence-corrected chi connectivity index (χ2v) is 6.17. The maximum atomic E-state index is 12.7. The second-order valence-electron chi connectivity index (χ2n) is 6.17. The Kier molecular flexibility index (Phi) is 6.50. The summed E-state index contributed by atoms with van der Waals surface area (Å²) in [5, 5.41) is 6.17. The number of aliphatic imine (C=N–C) groups is 1. The summed E-state index contributed by atoms with van der Waals surface area (Å²) in [7, 11) is 1.64. The summed E-state index contributed by atoms with van der Waals surface area (Å²) in [6.45, 7) is 1.13. The van der Waals surface area contributed by atoms with E-state index in [9.17, 15) is 13.2 Å². The predicted molar refractivity (Wildman–Crippen MR) is 104 cm³/mol. The minimum atomic E-state index is -4.38. The summed E-state index contributed by atoms with van der Waals surface area (Å²) >= 11 is 0. The van der Waals surface area contributed by atoms with Crippen molar-refractivity contribution in [2.45, 2.75) is 12.6 Å². The number of nitrogens with one attached hydrogen (secondary N) is 2. The molecule has 0 aliphatic carbocycles. The molecule has 0 bridgehead atoms. The molecule has 8 heteroatoms. The van der Waals surface area contributed by atoms with Crippen molar-refractivity contribution >= 4 is 5.96 Å². The summed E-state index contributed by atoms with van der Waals surface area (Å²) < 4.78 is 48.8. The lowest BCUT2D eigenvalue weighted by Gasteiger charge is -2.10. The Bertz CT molecular complexity index is 946. The first-order chi connectivity index (χ1) is 14.0. The van der Waals surface area contributed by atoms with Gasteiger partial charge in [-0.25, -0.2) is 0 Å². The fourth-order valence-electron chi connectivity index (χ4n) is 2.69. The molecule has 3 rings (SSSR count). The van der Waals surface area contributed by atoms with E-state index in [1.54, 1.807) is 13.1 Å². The smallest absolute Gasteiger partial charge is 0.416 e. The van der Waals surface area contributed by atoms with E-state index in [1.165, 1.54) is 6.07 Å². The summed E-state index contributed by atoms with van der Waals surface area (Å²) in [4.78, 5) is 4.10. The predicted octanol–water partition coefficient (Wildman–Crippen LogP) is 3.19. The van der Waals surface area contributed by atoms with Crippen molar-refractivity contribution in [1.82, 2.24) is 10.6 Å². The standard InChI is InChI=1S/C21H20F3N3O2/c1-25-20(27-11-9-16-7-8-18-19(13-16)29-14-28-18)26-10-3-5-15-4-2-6-17(12-15)21(22,23)24/h2,4,6-8,12-13H,9-11,14H2,1H3,(H2,25,26,27). The molecule has 0 fully saturated rings. The van der Waals surface area contributed by atoms with E-state index in [2.05, 4.69) is 27.5 Å². The van der Waals surface area contributed by atoms with Crippen LogP contribution in [0.2, 0.25) is 0 Å². The molecule has 2 N–H and O–H groups in total. The molecule has 152 valence electrons. The number of fused-ring (bicyclic) bond motifs is 1. The van der Waals surface area contributed by atoms with Gasteiger partial charge >= 0.3 is 6.18 Å². The highest BCUT2D eigenvalue weighted by Crippen LogP contribution is 2.32. The van der Waals surface area contributed by atoms with Crippen LogP contribution in [0, 0.1) is 11.8 Å². The van der Waals surface area contributed by atoms with Crippen LogP contribution in [-0.2, 0) is 12.6 Å². The third-order valence-corrected chi connectivity index (χ3v) is 4.13. The van der Waals surface area contributed by atoms with Gasteiger partial charge in [0.1, 0.15) is 0 Å². The lowest BCUT2D eigenvalue weighted by Crippen LogP contribution is -2.38. The Morgan fingerprint density at radius 3 is 2.72 bits per heavy atom. The molecule has 1 aliphatic heterocycles. The third-order valence-electron chi connectivity index (χ3n) is 4.13. The maximum absolute atomic E-state index is 12.7. The molecule has 0 saturated heterocycles. The average molecular weight is 403 g/mol. The molecule has 29 heavy (non-hydrogen) atoms. The molecule has 5 nitrogen and oxygen atoms in total. The minimum Gasteiger partial charge on any atom is -0.454 e. The van der Waals surface area contributed by atoms with Gasteiger partial charge in [0, 0.05) is 19.2 Å². The summed E-state index contributed by atoms with van der Waals surface area (Å²) in [5.41, 5.74) is 0.701. The van der Waals surface area contributed by atoms with Gasteiger partial charge in [0.2, 0.25) is 6.79 Å². The minimum absolute atomic E-state index is 0.245. The van der Waals surface area contributed by atoms with Gasteiger partial charge < -0.3 is 20.1 Å². The lowest BCUT2D eigenvalue weighted by molar-refractivity contribution is -0.137. The van der Waals surface area contributed by atoms with Crippen molar-refractivity contribution in [3.8, 4) is 23.3 Å². The number of hydrogen-bond acceptors (Lipinski definition) is 3. The van der Waals surface area contributed by atoms with Crippen LogP contribution in [0.4, 0.5) is 13.2 Å². The normalized spacial score (nSPS) is 12.9. The van der Waals surface area contributed by atoms with Gasteiger partial charge in [0.25, 0.3) is 0 Å². The molecule has 1 heterocycles. The van der Waals surface area contributed by atoms with Gasteiger partial charge in [0.15, 0.2) is 17.5 Å². The van der Waals surface area contributed by atoms with Crippen molar-refractivity contribution in [1.29, 1.82) is 0 Å². The highest BCUT2D eigenvalue weighted by Gasteiger charge is 2.30. The molecule has 0 amide bonds. The average Bonchev–Trinajstić information content (AvgIpc) is 3.17. The van der Waals surface area contributed by atoms with E-state index in [0.717, 1.165) is 35.6 Å². The number of halogens is 3. The molecule has 0 atom stereocenters. The van der Waals surface area contributed by atoms with Crippen LogP contribution in [0.15, 0.2) is 47.5 Å². The zero-order valence-electron chi connectivity index (χ0n) is 15.8. The molecule has 0 aromatic heterocycles. The zero-order valence-corrected chi connectivity index (χ0v) is 15.8. The molecular weight excluding hydrogens is 383 g/mol. The van der Waals surface area contributed by atoms with Gasteiger partial charge in [-0.2, -0.15) is 13.2 Å². The van der Waals surface area contributed by atoms with E-state index in [1.807, 2.05) is 18.2 Å². The number of nitrogens with zero attached hydrogens (tertiary/aromatic N) is 1. The van der Waals surface area contributed by atoms with Crippen LogP contribution in [0.3, 0.4) is 0 Å². The summed E-state index contributed by atoms with van der Waals surface area (Å²) in [5.74, 6) is 7.58. The fourth-order valence-corrected chi connectivity index (χ4v) is 2.69. The number of benzene rings is 2. The van der Waals surface area contributed by atoms with Gasteiger partial charge in [-0.1, -0.05) is 24.0 Å². The summed E-state index contributed by atoms with van der Waals surface area (Å²) in [6, 6.07) is 10.7. The zero-order chi connectivity index (χ0) is 20.7. The first kappa shape index (κ1) is 20.4. The van der Waals surface area contributed by atoms with Crippen LogP contribution in [-0.4, -0.2) is 32.9 Å². The first-order valence-electron chi connectivity index (χ1n) is 8.95. The molecule has 0 spiro atoms. The van der Waals surface area contributed by atoms with Crippen LogP contribution >= 0.6 is 0 Å². The van der Waals surface area contributed by atoms with E-state index in [-0.39, 0.29) is 13.3 Å². The van der Waals surface area contributed by atoms with Gasteiger partial charge in [-0.15, -0.1) is 0 Å². The Morgan fingerprint density at radius 2 is 1.93 bits per heavy atom. The number of rotatable bonds is 4. The molecule has 0 saturated carbocycles. The van der Waals surface area contributed by atoms with Gasteiger partial charge in [0.05, 0.1) is 12.1 Å². The quantitative estimate of drug-likeness (QED) is 0.468. The maximum Gasteiger partial charge on any atom is 0.416 e. The van der Waals surface area contributed by atoms with Crippen molar-refractivity contribution < 1.29 is 22.6 Å². The van der Waals surface area contributed by atoms with Crippen LogP contribution in [0.5, 0.6) is 11.5 Å². The molecule has 0 unspecified atom stereocenters. The monoisotopic (exact) mass is 403 g/mol. The van der Waals surface area contributed by atoms with Crippen LogP contribution in [0.25, 0.3) is 0 Å². The van der Waals surface area contributed by atoms with Crippen LogP contribution < -0.4 is 20.1 Å². The highest BCUT2D eigenvalue weighted by atomic mass is 19.4. The van der Waals surface area contributed by atoms with Crippen molar-refractivity contribution in [2.24, 2.45) is 4.99 Å². The molecular formula is C21H20F3N3O2. The van der Waals surface area contributed by atoms with E-state index < -0.39 is 11.7 Å². The fraction of sp³-hybridized carbons (Fsp3) is 0.286. The molecule has 2 aromatic rings. The van der Waals surface area contributed by atoms with Crippen molar-refractivity contribution in [2.75, 3.05) is 26.9 Å². The van der Waals surface area contributed by atoms with E-state index in [4.69, 9.17) is 9.47 Å². The van der Waals surface area contributed by atoms with Crippen molar-refractivity contribution in [3.63, 3.8) is 0 Å². The first-order valence-corrected chi connectivity index (χ1v) is 8.95. The van der Waals surface area contributed by atoms with Crippen molar-refractivity contribution in [3.05, 3.63) is 59.2 Å². The number of guanidine groups is 1. The van der Waals surface area contributed by atoms with Gasteiger partial charge in [-0.3, -0.25) is 4.99 Å². The Hall–Kier alpha value is -3.34. The number of alkyl halides is 3. The number of hydrogen-bond donors (Lipinski definition) is 2.